The first-order valence-electron chi connectivity index (χ1n) is 14.0. The normalized spacial score (nSPS) is 17.4. The van der Waals surface area contributed by atoms with Gasteiger partial charge in [0, 0.05) is 18.0 Å². The molecule has 0 amide bonds. The first-order chi connectivity index (χ1) is 18.2. The maximum Gasteiger partial charge on any atom is 0.343 e. The Bertz CT molecular complexity index is 1090. The van der Waals surface area contributed by atoms with Gasteiger partial charge in [-0.1, -0.05) is 45.4 Å². The van der Waals surface area contributed by atoms with E-state index in [1.165, 1.54) is 69.8 Å². The minimum Gasteiger partial charge on any atom is -0.494 e. The zero-order valence-corrected chi connectivity index (χ0v) is 22.3. The Balaban J connectivity index is 1.26. The molecule has 0 N–H and O–H groups in total. The molecule has 1 aliphatic rings. The summed E-state index contributed by atoms with van der Waals surface area (Å²) >= 11 is 0. The van der Waals surface area contributed by atoms with E-state index < -0.39 is 5.97 Å². The van der Waals surface area contributed by atoms with Gasteiger partial charge in [0.05, 0.1) is 12.2 Å². The van der Waals surface area contributed by atoms with E-state index in [-0.39, 0.29) is 0 Å². The Morgan fingerprint density at radius 1 is 0.811 bits per heavy atom. The number of rotatable bonds is 12. The van der Waals surface area contributed by atoms with E-state index in [1.54, 1.807) is 36.4 Å². The first kappa shape index (κ1) is 26.8. The topological polar surface area (TPSA) is 61.3 Å². The van der Waals surface area contributed by atoms with Gasteiger partial charge in [-0.2, -0.15) is 0 Å². The molecular weight excluding hydrogens is 460 g/mol. The smallest absolute Gasteiger partial charge is 0.343 e. The van der Waals surface area contributed by atoms with Gasteiger partial charge in [-0.25, -0.2) is 14.8 Å². The molecule has 1 fully saturated rings. The van der Waals surface area contributed by atoms with Gasteiger partial charge in [-0.3, -0.25) is 0 Å². The zero-order chi connectivity index (χ0) is 25.9. The molecule has 0 radical (unpaired) electrons. The van der Waals surface area contributed by atoms with Gasteiger partial charge in [-0.15, -0.1) is 0 Å². The summed E-state index contributed by atoms with van der Waals surface area (Å²) in [4.78, 5) is 21.8. The number of ether oxygens (including phenoxy) is 2. The first-order valence-corrected chi connectivity index (χ1v) is 14.0. The molecule has 1 heterocycles. The lowest BCUT2D eigenvalue weighted by atomic mass is 9.77. The largest absolute Gasteiger partial charge is 0.494 e. The third-order valence-electron chi connectivity index (χ3n) is 7.43. The molecule has 2 aromatic carbocycles. The molecule has 196 valence electrons. The summed E-state index contributed by atoms with van der Waals surface area (Å²) in [6.07, 6.45) is 17.4. The van der Waals surface area contributed by atoms with Crippen molar-refractivity contribution in [3.8, 4) is 22.9 Å². The summed E-state index contributed by atoms with van der Waals surface area (Å²) in [5.74, 6) is 2.99. The number of benzene rings is 2. The second-order valence-electron chi connectivity index (χ2n) is 10.1. The van der Waals surface area contributed by atoms with Crippen LogP contribution in [0.5, 0.6) is 11.5 Å². The Morgan fingerprint density at radius 2 is 1.46 bits per heavy atom. The van der Waals surface area contributed by atoms with Crippen LogP contribution in [0.4, 0.5) is 0 Å². The molecule has 5 nitrogen and oxygen atoms in total. The third-order valence-corrected chi connectivity index (χ3v) is 7.43. The van der Waals surface area contributed by atoms with Crippen LogP contribution in [0.25, 0.3) is 11.4 Å². The maximum atomic E-state index is 12.4. The van der Waals surface area contributed by atoms with Crippen molar-refractivity contribution in [3.63, 3.8) is 0 Å². The highest BCUT2D eigenvalue weighted by Gasteiger charge is 2.22. The molecule has 5 heteroatoms. The van der Waals surface area contributed by atoms with Crippen LogP contribution in [-0.2, 0) is 0 Å². The van der Waals surface area contributed by atoms with Crippen LogP contribution in [0.2, 0.25) is 0 Å². The summed E-state index contributed by atoms with van der Waals surface area (Å²) < 4.78 is 10.9. The lowest BCUT2D eigenvalue weighted by Crippen LogP contribution is -2.14. The van der Waals surface area contributed by atoms with Crippen LogP contribution in [0.15, 0.2) is 60.9 Å². The summed E-state index contributed by atoms with van der Waals surface area (Å²) in [5, 5.41) is 0. The van der Waals surface area contributed by atoms with Gasteiger partial charge < -0.3 is 9.47 Å². The fraction of sp³-hybridized carbons (Fsp3) is 0.469. The van der Waals surface area contributed by atoms with Gasteiger partial charge in [0.1, 0.15) is 11.5 Å². The van der Waals surface area contributed by atoms with E-state index in [1.807, 2.05) is 31.5 Å². The summed E-state index contributed by atoms with van der Waals surface area (Å²) in [6, 6.07) is 14.3. The molecule has 0 saturated heterocycles. The van der Waals surface area contributed by atoms with Crippen LogP contribution < -0.4 is 9.47 Å². The van der Waals surface area contributed by atoms with E-state index in [0.717, 1.165) is 17.2 Å². The Labute approximate surface area is 221 Å². The number of unbranched alkanes of at least 4 members (excludes halogenated alkanes) is 4. The molecule has 0 unspecified atom stereocenters. The minimum atomic E-state index is -0.400. The van der Waals surface area contributed by atoms with Crippen molar-refractivity contribution in [1.29, 1.82) is 0 Å². The number of aromatic nitrogens is 2. The number of carbonyl (C=O) groups is 1. The molecule has 1 aromatic heterocycles. The summed E-state index contributed by atoms with van der Waals surface area (Å²) in [6.45, 7) is 4.79. The molecule has 0 aliphatic heterocycles. The van der Waals surface area contributed by atoms with E-state index in [9.17, 15) is 4.79 Å². The number of nitrogens with zero attached hydrogens (tertiary/aromatic N) is 2. The van der Waals surface area contributed by atoms with E-state index in [4.69, 9.17) is 9.47 Å². The molecular formula is C32H40N2O3. The Hall–Kier alpha value is -3.21. The quantitative estimate of drug-likeness (QED) is 0.142. The predicted molar refractivity (Wildman–Crippen MR) is 148 cm³/mol. The van der Waals surface area contributed by atoms with Gasteiger partial charge in [-0.05, 0) is 98.5 Å². The second kappa shape index (κ2) is 13.9. The monoisotopic (exact) mass is 500 g/mol. The van der Waals surface area contributed by atoms with Crippen molar-refractivity contribution in [2.24, 2.45) is 5.92 Å². The van der Waals surface area contributed by atoms with E-state index in [2.05, 4.69) is 16.9 Å². The highest BCUT2D eigenvalue weighted by atomic mass is 16.5. The second-order valence-corrected chi connectivity index (χ2v) is 10.1. The van der Waals surface area contributed by atoms with Crippen molar-refractivity contribution in [3.05, 3.63) is 72.1 Å². The minimum absolute atomic E-state index is 0.400. The molecule has 1 aliphatic carbocycles. The van der Waals surface area contributed by atoms with Crippen LogP contribution in [0.3, 0.4) is 0 Å². The van der Waals surface area contributed by atoms with Crippen LogP contribution in [0, 0.1) is 5.92 Å². The number of esters is 1. The molecule has 0 atom stereocenters. The van der Waals surface area contributed by atoms with Crippen LogP contribution >= 0.6 is 0 Å². The number of carbonyl (C=O) groups excluding carboxylic acids is 1. The standard InChI is InChI=1S/C32H40N2O3/c1-3-5-6-7-8-9-24-10-12-25(13-11-24)28-22-33-31(34-23-28)26-14-20-30(21-15-26)37-32(35)27-16-18-29(19-17-27)36-4-2/h14-25H,3-13H2,1-2H3. The fourth-order valence-corrected chi connectivity index (χ4v) is 5.21. The van der Waals surface area contributed by atoms with Crippen molar-refractivity contribution in [2.75, 3.05) is 6.61 Å². The van der Waals surface area contributed by atoms with Gasteiger partial charge in [0.2, 0.25) is 0 Å². The van der Waals surface area contributed by atoms with E-state index in [0.29, 0.717) is 29.7 Å². The van der Waals surface area contributed by atoms with Crippen molar-refractivity contribution < 1.29 is 14.3 Å². The van der Waals surface area contributed by atoms with Crippen molar-refractivity contribution >= 4 is 5.97 Å². The highest BCUT2D eigenvalue weighted by molar-refractivity contribution is 5.91. The molecule has 0 bridgehead atoms. The van der Waals surface area contributed by atoms with Gasteiger partial charge in [0.15, 0.2) is 5.82 Å². The Morgan fingerprint density at radius 3 is 2.11 bits per heavy atom. The SMILES string of the molecule is CCCCCCCC1CCC(c2cnc(-c3ccc(OC(=O)c4ccc(OCC)cc4)cc3)nc2)CC1. The molecule has 3 aromatic rings. The lowest BCUT2D eigenvalue weighted by molar-refractivity contribution is 0.0734. The summed E-state index contributed by atoms with van der Waals surface area (Å²) in [7, 11) is 0. The highest BCUT2D eigenvalue weighted by Crippen LogP contribution is 2.37. The third kappa shape index (κ3) is 7.88. The maximum absolute atomic E-state index is 12.4. The number of hydrogen-bond donors (Lipinski definition) is 0. The average Bonchev–Trinajstić information content (AvgIpc) is 2.94. The molecule has 4 rings (SSSR count). The van der Waals surface area contributed by atoms with Crippen LogP contribution in [0.1, 0.15) is 99.9 Å². The molecule has 37 heavy (non-hydrogen) atoms. The lowest BCUT2D eigenvalue weighted by Gasteiger charge is -2.28. The van der Waals surface area contributed by atoms with Gasteiger partial charge >= 0.3 is 5.97 Å². The van der Waals surface area contributed by atoms with Crippen molar-refractivity contribution in [1.82, 2.24) is 9.97 Å². The predicted octanol–water partition coefficient (Wildman–Crippen LogP) is 8.40. The number of hydrogen-bond acceptors (Lipinski definition) is 5. The Kier molecular flexibility index (Phi) is 10.1. The van der Waals surface area contributed by atoms with Crippen molar-refractivity contribution in [2.45, 2.75) is 84.0 Å². The molecule has 1 saturated carbocycles. The van der Waals surface area contributed by atoms with Gasteiger partial charge in [0.25, 0.3) is 0 Å². The fourth-order valence-electron chi connectivity index (χ4n) is 5.21. The summed E-state index contributed by atoms with van der Waals surface area (Å²) in [5.41, 5.74) is 2.64. The van der Waals surface area contributed by atoms with E-state index >= 15 is 0 Å². The molecule has 0 spiro atoms. The zero-order valence-electron chi connectivity index (χ0n) is 22.3. The van der Waals surface area contributed by atoms with Crippen LogP contribution in [-0.4, -0.2) is 22.5 Å². The average molecular weight is 501 g/mol.